The minimum atomic E-state index is -0.840. The van der Waals surface area contributed by atoms with Crippen LogP contribution in [0.3, 0.4) is 0 Å². The van der Waals surface area contributed by atoms with Gasteiger partial charge in [-0.15, -0.1) is 0 Å². The first-order chi connectivity index (χ1) is 8.90. The summed E-state index contributed by atoms with van der Waals surface area (Å²) in [5.41, 5.74) is 0.519. The first-order valence-electron chi connectivity index (χ1n) is 6.29. The van der Waals surface area contributed by atoms with Gasteiger partial charge in [-0.1, -0.05) is 11.6 Å². The van der Waals surface area contributed by atoms with Crippen LogP contribution in [-0.2, 0) is 4.79 Å². The van der Waals surface area contributed by atoms with Crippen molar-refractivity contribution in [3.8, 4) is 0 Å². The smallest absolute Gasteiger partial charge is 0.308 e. The van der Waals surface area contributed by atoms with E-state index in [-0.39, 0.29) is 18.5 Å². The Morgan fingerprint density at radius 1 is 1.47 bits per heavy atom. The summed E-state index contributed by atoms with van der Waals surface area (Å²) >= 11 is 5.95. The van der Waals surface area contributed by atoms with Crippen molar-refractivity contribution in [1.29, 1.82) is 0 Å². The number of carbonyl (C=O) groups is 2. The molecule has 1 N–H and O–H groups in total. The van der Waals surface area contributed by atoms with Crippen LogP contribution in [0.1, 0.15) is 36.8 Å². The number of likely N-dealkylation sites (tertiary alicyclic amines) is 1. The second-order valence-corrected chi connectivity index (χ2v) is 5.56. The highest BCUT2D eigenvalue weighted by atomic mass is 35.5. The second kappa shape index (κ2) is 5.25. The highest BCUT2D eigenvalue weighted by Crippen LogP contribution is 2.23. The number of nitrogens with zero attached hydrogens (tertiary/aromatic N) is 2. The second-order valence-electron chi connectivity index (χ2n) is 5.12. The Bertz CT molecular complexity index is 510. The minimum Gasteiger partial charge on any atom is -0.481 e. The van der Waals surface area contributed by atoms with Crippen LogP contribution in [0.5, 0.6) is 0 Å². The zero-order chi connectivity index (χ0) is 14.2. The molecule has 1 unspecified atom stereocenters. The van der Waals surface area contributed by atoms with Crippen molar-refractivity contribution >= 4 is 23.5 Å². The van der Waals surface area contributed by atoms with Crippen LogP contribution < -0.4 is 0 Å². The number of hydrogen-bond acceptors (Lipinski definition) is 2. The molecule has 1 aromatic heterocycles. The molecule has 5 nitrogen and oxygen atoms in total. The van der Waals surface area contributed by atoms with E-state index >= 15 is 0 Å². The molecule has 2 heterocycles. The largest absolute Gasteiger partial charge is 0.481 e. The van der Waals surface area contributed by atoms with E-state index in [2.05, 4.69) is 0 Å². The molecule has 0 saturated carbocycles. The summed E-state index contributed by atoms with van der Waals surface area (Å²) in [4.78, 5) is 24.9. The van der Waals surface area contributed by atoms with Gasteiger partial charge in [0.25, 0.3) is 5.91 Å². The molecule has 0 spiro atoms. The SMILES string of the molecule is CC(C)n1cc(Cl)cc1C(=O)N1CCC(C(=O)O)C1. The van der Waals surface area contributed by atoms with Crippen molar-refractivity contribution in [3.63, 3.8) is 0 Å². The van der Waals surface area contributed by atoms with Crippen LogP contribution in [0.2, 0.25) is 5.02 Å². The molecular weight excluding hydrogens is 268 g/mol. The van der Waals surface area contributed by atoms with Gasteiger partial charge in [0.2, 0.25) is 0 Å². The van der Waals surface area contributed by atoms with E-state index < -0.39 is 11.9 Å². The van der Waals surface area contributed by atoms with Crippen molar-refractivity contribution in [2.24, 2.45) is 5.92 Å². The molecule has 1 atom stereocenters. The summed E-state index contributed by atoms with van der Waals surface area (Å²) in [6.07, 6.45) is 2.24. The Morgan fingerprint density at radius 3 is 2.68 bits per heavy atom. The third-order valence-electron chi connectivity index (χ3n) is 3.42. The van der Waals surface area contributed by atoms with Gasteiger partial charge in [0.05, 0.1) is 10.9 Å². The molecule has 1 saturated heterocycles. The van der Waals surface area contributed by atoms with Crippen molar-refractivity contribution in [1.82, 2.24) is 9.47 Å². The first kappa shape index (κ1) is 13.9. The third-order valence-corrected chi connectivity index (χ3v) is 3.62. The average molecular weight is 285 g/mol. The fraction of sp³-hybridized carbons (Fsp3) is 0.538. The molecule has 1 aliphatic rings. The van der Waals surface area contributed by atoms with Gasteiger partial charge < -0.3 is 14.6 Å². The Labute approximate surface area is 116 Å². The van der Waals surface area contributed by atoms with E-state index in [4.69, 9.17) is 16.7 Å². The van der Waals surface area contributed by atoms with Gasteiger partial charge >= 0.3 is 5.97 Å². The molecule has 1 aliphatic heterocycles. The van der Waals surface area contributed by atoms with Gasteiger partial charge in [-0.25, -0.2) is 0 Å². The number of aliphatic carboxylic acids is 1. The minimum absolute atomic E-state index is 0.129. The summed E-state index contributed by atoms with van der Waals surface area (Å²) in [5, 5.41) is 9.49. The van der Waals surface area contributed by atoms with Crippen molar-refractivity contribution < 1.29 is 14.7 Å². The van der Waals surface area contributed by atoms with Gasteiger partial charge in [-0.05, 0) is 26.3 Å². The molecule has 0 radical (unpaired) electrons. The van der Waals surface area contributed by atoms with Gasteiger partial charge in [-0.2, -0.15) is 0 Å². The van der Waals surface area contributed by atoms with Crippen molar-refractivity contribution in [3.05, 3.63) is 23.0 Å². The molecule has 1 fully saturated rings. The zero-order valence-electron chi connectivity index (χ0n) is 11.0. The molecule has 2 rings (SSSR count). The van der Waals surface area contributed by atoms with Gasteiger partial charge in [-0.3, -0.25) is 9.59 Å². The Balaban J connectivity index is 2.19. The number of carboxylic acid groups (broad SMARTS) is 1. The molecule has 0 aliphatic carbocycles. The number of amides is 1. The third kappa shape index (κ3) is 2.76. The van der Waals surface area contributed by atoms with Gasteiger partial charge in [0.15, 0.2) is 0 Å². The lowest BCUT2D eigenvalue weighted by Crippen LogP contribution is -2.31. The number of rotatable bonds is 3. The predicted molar refractivity (Wildman–Crippen MR) is 71.5 cm³/mol. The normalized spacial score (nSPS) is 19.2. The number of carboxylic acids is 1. The van der Waals surface area contributed by atoms with Crippen LogP contribution in [0.25, 0.3) is 0 Å². The molecule has 6 heteroatoms. The fourth-order valence-electron chi connectivity index (χ4n) is 2.35. The number of hydrogen-bond donors (Lipinski definition) is 1. The molecule has 1 amide bonds. The van der Waals surface area contributed by atoms with E-state index in [9.17, 15) is 9.59 Å². The van der Waals surface area contributed by atoms with Crippen LogP contribution in [-0.4, -0.2) is 39.5 Å². The number of aromatic nitrogens is 1. The highest BCUT2D eigenvalue weighted by Gasteiger charge is 2.32. The molecule has 0 bridgehead atoms. The van der Waals surface area contributed by atoms with E-state index in [1.165, 1.54) is 0 Å². The monoisotopic (exact) mass is 284 g/mol. The summed E-state index contributed by atoms with van der Waals surface area (Å²) in [5.74, 6) is -1.45. The summed E-state index contributed by atoms with van der Waals surface area (Å²) in [6, 6.07) is 1.77. The lowest BCUT2D eigenvalue weighted by atomic mass is 10.1. The maximum atomic E-state index is 12.4. The maximum Gasteiger partial charge on any atom is 0.308 e. The lowest BCUT2D eigenvalue weighted by molar-refractivity contribution is -0.141. The van der Waals surface area contributed by atoms with E-state index in [0.29, 0.717) is 23.7 Å². The summed E-state index contributed by atoms with van der Waals surface area (Å²) in [7, 11) is 0. The van der Waals surface area contributed by atoms with Crippen molar-refractivity contribution in [2.75, 3.05) is 13.1 Å². The summed E-state index contributed by atoms with van der Waals surface area (Å²) in [6.45, 7) is 4.69. The fourth-order valence-corrected chi connectivity index (χ4v) is 2.56. The van der Waals surface area contributed by atoms with E-state index in [1.54, 1.807) is 17.2 Å². The predicted octanol–water partition coefficient (Wildman–Crippen LogP) is 2.27. The standard InChI is InChI=1S/C13H17ClN2O3/c1-8(2)16-7-10(14)5-11(16)12(17)15-4-3-9(6-15)13(18)19/h5,7-9H,3-4,6H2,1-2H3,(H,18,19). The quantitative estimate of drug-likeness (QED) is 0.926. The zero-order valence-corrected chi connectivity index (χ0v) is 11.7. The Morgan fingerprint density at radius 2 is 2.16 bits per heavy atom. The Hall–Kier alpha value is -1.49. The Kier molecular flexibility index (Phi) is 3.85. The van der Waals surface area contributed by atoms with Crippen LogP contribution in [0.15, 0.2) is 12.3 Å². The first-order valence-corrected chi connectivity index (χ1v) is 6.67. The van der Waals surface area contributed by atoms with E-state index in [0.717, 1.165) is 0 Å². The number of carbonyl (C=O) groups excluding carboxylic acids is 1. The number of halogens is 1. The van der Waals surface area contributed by atoms with Crippen LogP contribution in [0, 0.1) is 5.92 Å². The molecule has 1 aromatic rings. The average Bonchev–Trinajstić information content (AvgIpc) is 2.94. The van der Waals surface area contributed by atoms with Gasteiger partial charge in [0, 0.05) is 25.3 Å². The molecule has 104 valence electrons. The van der Waals surface area contributed by atoms with Crippen LogP contribution in [0.4, 0.5) is 0 Å². The lowest BCUT2D eigenvalue weighted by Gasteiger charge is -2.18. The molecular formula is C13H17ClN2O3. The topological polar surface area (TPSA) is 62.5 Å². The van der Waals surface area contributed by atoms with E-state index in [1.807, 2.05) is 18.4 Å². The molecule has 0 aromatic carbocycles. The molecule has 19 heavy (non-hydrogen) atoms. The van der Waals surface area contributed by atoms with Crippen molar-refractivity contribution in [2.45, 2.75) is 26.3 Å². The van der Waals surface area contributed by atoms with Crippen LogP contribution >= 0.6 is 11.6 Å². The maximum absolute atomic E-state index is 12.4. The van der Waals surface area contributed by atoms with Gasteiger partial charge in [0.1, 0.15) is 5.69 Å². The highest BCUT2D eigenvalue weighted by molar-refractivity contribution is 6.31. The summed E-state index contributed by atoms with van der Waals surface area (Å²) < 4.78 is 1.82.